The predicted molar refractivity (Wildman–Crippen MR) is 106 cm³/mol. The first-order chi connectivity index (χ1) is 13.1. The zero-order valence-corrected chi connectivity index (χ0v) is 17.1. The smallest absolute Gasteiger partial charge is 0.229 e. The molecule has 1 saturated heterocycles. The molecule has 0 saturated carbocycles. The number of ether oxygens (including phenoxy) is 3. The van der Waals surface area contributed by atoms with E-state index in [1.54, 1.807) is 14.2 Å². The Balaban J connectivity index is 2.07. The number of hydrogen-bond donors (Lipinski definition) is 2. The molecule has 6 nitrogen and oxygen atoms in total. The van der Waals surface area contributed by atoms with E-state index in [0.717, 1.165) is 50.1 Å². The molecule has 6 heteroatoms. The molecule has 0 spiro atoms. The normalized spacial score (nSPS) is 17.2. The average Bonchev–Trinajstić information content (AvgIpc) is 2.69. The summed E-state index contributed by atoms with van der Waals surface area (Å²) in [6, 6.07) is 5.72. The summed E-state index contributed by atoms with van der Waals surface area (Å²) < 4.78 is 16.6. The van der Waals surface area contributed by atoms with Crippen LogP contribution in [-0.2, 0) is 9.53 Å². The molecule has 2 N–H and O–H groups in total. The zero-order valence-electron chi connectivity index (χ0n) is 17.1. The summed E-state index contributed by atoms with van der Waals surface area (Å²) in [6.07, 6.45) is 3.66. The van der Waals surface area contributed by atoms with Crippen molar-refractivity contribution in [2.24, 2.45) is 5.41 Å². The first-order valence-corrected chi connectivity index (χ1v) is 9.87. The lowest BCUT2D eigenvalue weighted by molar-refractivity contribution is -0.136. The molecular weight excluding hydrogens is 344 g/mol. The Hall–Kier alpha value is -1.79. The molecule has 2 rings (SSSR count). The quantitative estimate of drug-likeness (QED) is 0.613. The van der Waals surface area contributed by atoms with Gasteiger partial charge in [0.25, 0.3) is 0 Å². The van der Waals surface area contributed by atoms with E-state index in [9.17, 15) is 4.79 Å². The summed E-state index contributed by atoms with van der Waals surface area (Å²) in [7, 11) is 3.29. The number of rotatable bonds is 10. The molecule has 1 aromatic rings. The third-order valence-electron chi connectivity index (χ3n) is 5.25. The molecule has 0 aliphatic carbocycles. The van der Waals surface area contributed by atoms with Crippen molar-refractivity contribution in [1.82, 2.24) is 10.6 Å². The van der Waals surface area contributed by atoms with Gasteiger partial charge in [-0.2, -0.15) is 0 Å². The van der Waals surface area contributed by atoms with E-state index < -0.39 is 5.41 Å². The second-order valence-corrected chi connectivity index (χ2v) is 7.27. The van der Waals surface area contributed by atoms with Gasteiger partial charge in [-0.25, -0.2) is 0 Å². The number of unbranched alkanes of at least 4 members (excludes halogenated alkanes) is 1. The van der Waals surface area contributed by atoms with Crippen molar-refractivity contribution in [3.05, 3.63) is 23.8 Å². The van der Waals surface area contributed by atoms with Gasteiger partial charge in [0, 0.05) is 7.11 Å². The summed E-state index contributed by atoms with van der Waals surface area (Å²) in [5.41, 5.74) is 0.534. The molecule has 27 heavy (non-hydrogen) atoms. The van der Waals surface area contributed by atoms with Gasteiger partial charge in [-0.1, -0.05) is 19.4 Å². The van der Waals surface area contributed by atoms with Crippen LogP contribution in [0.15, 0.2) is 18.2 Å². The minimum Gasteiger partial charge on any atom is -0.493 e. The summed E-state index contributed by atoms with van der Waals surface area (Å²) in [4.78, 5) is 13.0. The van der Waals surface area contributed by atoms with Crippen molar-refractivity contribution in [3.8, 4) is 11.5 Å². The molecule has 1 atom stereocenters. The van der Waals surface area contributed by atoms with Crippen LogP contribution >= 0.6 is 0 Å². The summed E-state index contributed by atoms with van der Waals surface area (Å²) in [5, 5.41) is 6.49. The van der Waals surface area contributed by atoms with E-state index in [0.29, 0.717) is 19.0 Å². The molecule has 152 valence electrons. The van der Waals surface area contributed by atoms with E-state index in [1.807, 2.05) is 25.1 Å². The SMILES string of the molecule is CCCCOc1ccc(C(C)NC(=O)C2(COC)CCNCC2)cc1OC. The maximum absolute atomic E-state index is 13.0. The number of nitrogens with one attached hydrogen (secondary N) is 2. The number of benzene rings is 1. The molecule has 1 amide bonds. The fraction of sp³-hybridized carbons (Fsp3) is 0.667. The number of piperidine rings is 1. The summed E-state index contributed by atoms with van der Waals surface area (Å²) >= 11 is 0. The summed E-state index contributed by atoms with van der Waals surface area (Å²) in [5.74, 6) is 1.49. The third kappa shape index (κ3) is 5.59. The maximum Gasteiger partial charge on any atom is 0.229 e. The van der Waals surface area contributed by atoms with Crippen LogP contribution in [-0.4, -0.2) is 46.4 Å². The van der Waals surface area contributed by atoms with Crippen molar-refractivity contribution in [2.75, 3.05) is 40.5 Å². The molecular formula is C21H34N2O4. The van der Waals surface area contributed by atoms with Gasteiger partial charge >= 0.3 is 0 Å². The second kappa shape index (κ2) is 10.5. The van der Waals surface area contributed by atoms with Crippen LogP contribution in [0.2, 0.25) is 0 Å². The lowest BCUT2D eigenvalue weighted by Crippen LogP contribution is -2.50. The predicted octanol–water partition coefficient (Wildman–Crippen LogP) is 3.07. The van der Waals surface area contributed by atoms with Gasteiger partial charge in [0.15, 0.2) is 11.5 Å². The molecule has 0 bridgehead atoms. The number of carbonyl (C=O) groups is 1. The van der Waals surface area contributed by atoms with Gasteiger partial charge in [-0.3, -0.25) is 4.79 Å². The first kappa shape index (κ1) is 21.5. The van der Waals surface area contributed by atoms with Crippen molar-refractivity contribution < 1.29 is 19.0 Å². The summed E-state index contributed by atoms with van der Waals surface area (Å²) in [6.45, 7) is 6.91. The van der Waals surface area contributed by atoms with Crippen LogP contribution in [0.3, 0.4) is 0 Å². The minimum atomic E-state index is -0.457. The average molecular weight is 379 g/mol. The van der Waals surface area contributed by atoms with E-state index in [4.69, 9.17) is 14.2 Å². The van der Waals surface area contributed by atoms with Crippen LogP contribution in [0, 0.1) is 5.41 Å². The van der Waals surface area contributed by atoms with E-state index in [2.05, 4.69) is 17.6 Å². The van der Waals surface area contributed by atoms with Crippen molar-refractivity contribution >= 4 is 5.91 Å². The van der Waals surface area contributed by atoms with Crippen LogP contribution in [0.1, 0.15) is 51.1 Å². The Labute approximate surface area is 163 Å². The molecule has 1 heterocycles. The molecule has 0 aromatic heterocycles. The first-order valence-electron chi connectivity index (χ1n) is 9.87. The highest BCUT2D eigenvalue weighted by molar-refractivity contribution is 5.83. The Morgan fingerprint density at radius 3 is 2.63 bits per heavy atom. The van der Waals surface area contributed by atoms with Crippen LogP contribution in [0.25, 0.3) is 0 Å². The van der Waals surface area contributed by atoms with E-state index in [-0.39, 0.29) is 11.9 Å². The van der Waals surface area contributed by atoms with Gasteiger partial charge in [0.05, 0.1) is 31.8 Å². The highest BCUT2D eigenvalue weighted by Crippen LogP contribution is 2.33. The third-order valence-corrected chi connectivity index (χ3v) is 5.25. The van der Waals surface area contributed by atoms with Crippen LogP contribution in [0.5, 0.6) is 11.5 Å². The maximum atomic E-state index is 13.0. The number of hydrogen-bond acceptors (Lipinski definition) is 5. The largest absolute Gasteiger partial charge is 0.493 e. The van der Waals surface area contributed by atoms with Crippen molar-refractivity contribution in [1.29, 1.82) is 0 Å². The fourth-order valence-electron chi connectivity index (χ4n) is 3.45. The van der Waals surface area contributed by atoms with E-state index >= 15 is 0 Å². The Kier molecular flexibility index (Phi) is 8.38. The van der Waals surface area contributed by atoms with Gasteiger partial charge < -0.3 is 24.8 Å². The number of methoxy groups -OCH3 is 2. The standard InChI is InChI=1S/C21H34N2O4/c1-5-6-13-27-18-8-7-17(14-19(18)26-4)16(2)23-20(24)21(15-25-3)9-11-22-12-10-21/h7-8,14,16,22H,5-6,9-13,15H2,1-4H3,(H,23,24). The van der Waals surface area contributed by atoms with Crippen LogP contribution in [0.4, 0.5) is 0 Å². The lowest BCUT2D eigenvalue weighted by Gasteiger charge is -2.36. The molecule has 1 aliphatic heterocycles. The molecule has 1 unspecified atom stereocenters. The van der Waals surface area contributed by atoms with E-state index in [1.165, 1.54) is 0 Å². The van der Waals surface area contributed by atoms with Gasteiger partial charge in [-0.05, 0) is 57.0 Å². The monoisotopic (exact) mass is 378 g/mol. The number of amides is 1. The molecule has 1 aromatic carbocycles. The molecule has 1 fully saturated rings. The highest BCUT2D eigenvalue weighted by atomic mass is 16.5. The molecule has 1 aliphatic rings. The lowest BCUT2D eigenvalue weighted by atomic mass is 9.78. The minimum absolute atomic E-state index is 0.0561. The van der Waals surface area contributed by atoms with Gasteiger partial charge in [0.2, 0.25) is 5.91 Å². The Bertz CT molecular complexity index is 594. The van der Waals surface area contributed by atoms with Crippen molar-refractivity contribution in [2.45, 2.75) is 45.6 Å². The Morgan fingerprint density at radius 2 is 2.00 bits per heavy atom. The zero-order chi connectivity index (χ0) is 19.7. The topological polar surface area (TPSA) is 68.8 Å². The van der Waals surface area contributed by atoms with Gasteiger partial charge in [0.1, 0.15) is 0 Å². The molecule has 0 radical (unpaired) electrons. The fourth-order valence-corrected chi connectivity index (χ4v) is 3.45. The highest BCUT2D eigenvalue weighted by Gasteiger charge is 2.40. The van der Waals surface area contributed by atoms with Gasteiger partial charge in [-0.15, -0.1) is 0 Å². The number of carbonyl (C=O) groups excluding carboxylic acids is 1. The Morgan fingerprint density at radius 1 is 1.26 bits per heavy atom. The van der Waals surface area contributed by atoms with Crippen LogP contribution < -0.4 is 20.1 Å². The second-order valence-electron chi connectivity index (χ2n) is 7.27. The van der Waals surface area contributed by atoms with Crippen molar-refractivity contribution in [3.63, 3.8) is 0 Å².